The summed E-state index contributed by atoms with van der Waals surface area (Å²) in [6, 6.07) is 2.33. The predicted octanol–water partition coefficient (Wildman–Crippen LogP) is 2.79. The van der Waals surface area contributed by atoms with Crippen molar-refractivity contribution in [1.82, 2.24) is 4.90 Å². The second kappa shape index (κ2) is 5.39. The first-order chi connectivity index (χ1) is 7.87. The number of rotatable bonds is 1. The van der Waals surface area contributed by atoms with Crippen LogP contribution in [0.25, 0.3) is 0 Å². The van der Waals surface area contributed by atoms with Crippen molar-refractivity contribution in [3.8, 4) is 6.07 Å². The SMILES string of the molecule is CC[C@H]1CN(C(=O)OC(C)(C)C)CC[C@@H]1C#N. The second-order valence-corrected chi connectivity index (χ2v) is 5.62. The third kappa shape index (κ3) is 3.92. The molecule has 0 unspecified atom stereocenters. The molecular weight excluding hydrogens is 216 g/mol. The third-order valence-electron chi connectivity index (χ3n) is 3.08. The molecule has 0 aliphatic carbocycles. The highest BCUT2D eigenvalue weighted by atomic mass is 16.6. The first kappa shape index (κ1) is 13.8. The Morgan fingerprint density at radius 2 is 2.18 bits per heavy atom. The highest BCUT2D eigenvalue weighted by molar-refractivity contribution is 5.68. The maximum absolute atomic E-state index is 11.9. The average Bonchev–Trinajstić information content (AvgIpc) is 2.25. The van der Waals surface area contributed by atoms with Crippen LogP contribution >= 0.6 is 0 Å². The van der Waals surface area contributed by atoms with Crippen LogP contribution in [-0.4, -0.2) is 29.7 Å². The summed E-state index contributed by atoms with van der Waals surface area (Å²) in [7, 11) is 0. The molecule has 4 heteroatoms. The van der Waals surface area contributed by atoms with E-state index in [1.54, 1.807) is 4.90 Å². The zero-order chi connectivity index (χ0) is 13.1. The summed E-state index contributed by atoms with van der Waals surface area (Å²) in [6.07, 6.45) is 1.43. The summed E-state index contributed by atoms with van der Waals surface area (Å²) in [4.78, 5) is 13.6. The van der Waals surface area contributed by atoms with Gasteiger partial charge in [0.25, 0.3) is 0 Å². The Labute approximate surface area is 104 Å². The van der Waals surface area contributed by atoms with E-state index in [9.17, 15) is 4.79 Å². The minimum atomic E-state index is -0.454. The highest BCUT2D eigenvalue weighted by Crippen LogP contribution is 2.26. The first-order valence-electron chi connectivity index (χ1n) is 6.25. The Bertz CT molecular complexity index is 314. The zero-order valence-electron chi connectivity index (χ0n) is 11.2. The Kier molecular flexibility index (Phi) is 4.39. The van der Waals surface area contributed by atoms with Gasteiger partial charge in [0.2, 0.25) is 0 Å². The van der Waals surface area contributed by atoms with E-state index in [-0.39, 0.29) is 17.9 Å². The van der Waals surface area contributed by atoms with E-state index in [0.29, 0.717) is 13.1 Å². The van der Waals surface area contributed by atoms with Gasteiger partial charge < -0.3 is 9.64 Å². The molecule has 4 nitrogen and oxygen atoms in total. The van der Waals surface area contributed by atoms with Gasteiger partial charge in [-0.1, -0.05) is 13.3 Å². The van der Waals surface area contributed by atoms with Crippen LogP contribution in [-0.2, 0) is 4.74 Å². The number of nitrogens with zero attached hydrogens (tertiary/aromatic N) is 2. The van der Waals surface area contributed by atoms with Gasteiger partial charge in [-0.25, -0.2) is 4.79 Å². The van der Waals surface area contributed by atoms with E-state index >= 15 is 0 Å². The van der Waals surface area contributed by atoms with Crippen LogP contribution in [0.1, 0.15) is 40.5 Å². The van der Waals surface area contributed by atoms with Gasteiger partial charge in [0.05, 0.1) is 12.0 Å². The molecule has 0 aromatic carbocycles. The molecule has 0 saturated carbocycles. The molecule has 1 saturated heterocycles. The van der Waals surface area contributed by atoms with E-state index in [4.69, 9.17) is 10.00 Å². The summed E-state index contributed by atoms with van der Waals surface area (Å²) < 4.78 is 5.34. The van der Waals surface area contributed by atoms with E-state index < -0.39 is 5.60 Å². The molecule has 96 valence electrons. The number of amides is 1. The van der Waals surface area contributed by atoms with Gasteiger partial charge in [0.1, 0.15) is 5.60 Å². The molecule has 1 aliphatic rings. The van der Waals surface area contributed by atoms with Gasteiger partial charge in [-0.15, -0.1) is 0 Å². The maximum Gasteiger partial charge on any atom is 0.410 e. The van der Waals surface area contributed by atoms with Crippen molar-refractivity contribution in [1.29, 1.82) is 5.26 Å². The lowest BCUT2D eigenvalue weighted by molar-refractivity contribution is 0.0131. The van der Waals surface area contributed by atoms with Crippen LogP contribution in [0.3, 0.4) is 0 Å². The second-order valence-electron chi connectivity index (χ2n) is 5.62. The molecule has 0 aromatic rings. The first-order valence-corrected chi connectivity index (χ1v) is 6.25. The molecule has 0 radical (unpaired) electrons. The zero-order valence-corrected chi connectivity index (χ0v) is 11.2. The van der Waals surface area contributed by atoms with E-state index in [1.165, 1.54) is 0 Å². The molecule has 1 fully saturated rings. The van der Waals surface area contributed by atoms with Crippen molar-refractivity contribution in [2.75, 3.05) is 13.1 Å². The number of likely N-dealkylation sites (tertiary alicyclic amines) is 1. The van der Waals surface area contributed by atoms with Gasteiger partial charge in [-0.2, -0.15) is 5.26 Å². The van der Waals surface area contributed by atoms with Crippen molar-refractivity contribution < 1.29 is 9.53 Å². The molecule has 1 rings (SSSR count). The number of carbonyl (C=O) groups excluding carboxylic acids is 1. The molecule has 1 aliphatic heterocycles. The summed E-state index contributed by atoms with van der Waals surface area (Å²) in [5.41, 5.74) is -0.454. The van der Waals surface area contributed by atoms with Crippen LogP contribution in [0.2, 0.25) is 0 Å². The number of hydrogen-bond acceptors (Lipinski definition) is 3. The number of piperidine rings is 1. The lowest BCUT2D eigenvalue weighted by atomic mass is 9.85. The fraction of sp³-hybridized carbons (Fsp3) is 0.846. The predicted molar refractivity (Wildman–Crippen MR) is 65.3 cm³/mol. The maximum atomic E-state index is 11.9. The summed E-state index contributed by atoms with van der Waals surface area (Å²) >= 11 is 0. The lowest BCUT2D eigenvalue weighted by Crippen LogP contribution is -2.45. The quantitative estimate of drug-likeness (QED) is 0.705. The van der Waals surface area contributed by atoms with Crippen LogP contribution in [0.15, 0.2) is 0 Å². The van der Waals surface area contributed by atoms with E-state index in [2.05, 4.69) is 13.0 Å². The van der Waals surface area contributed by atoms with Crippen molar-refractivity contribution in [3.05, 3.63) is 0 Å². The van der Waals surface area contributed by atoms with Crippen molar-refractivity contribution >= 4 is 6.09 Å². The number of carbonyl (C=O) groups is 1. The van der Waals surface area contributed by atoms with Gasteiger partial charge in [-0.3, -0.25) is 0 Å². The van der Waals surface area contributed by atoms with Gasteiger partial charge >= 0.3 is 6.09 Å². The van der Waals surface area contributed by atoms with E-state index in [1.807, 2.05) is 20.8 Å². The topological polar surface area (TPSA) is 53.3 Å². The molecule has 0 bridgehead atoms. The summed E-state index contributed by atoms with van der Waals surface area (Å²) in [5, 5.41) is 9.02. The monoisotopic (exact) mass is 238 g/mol. The largest absolute Gasteiger partial charge is 0.444 e. The molecule has 0 aromatic heterocycles. The third-order valence-corrected chi connectivity index (χ3v) is 3.08. The molecule has 1 amide bonds. The lowest BCUT2D eigenvalue weighted by Gasteiger charge is -2.36. The van der Waals surface area contributed by atoms with Crippen LogP contribution in [0, 0.1) is 23.2 Å². The number of nitriles is 1. The standard InChI is InChI=1S/C13H22N2O2/c1-5-10-9-15(7-6-11(10)8-14)12(16)17-13(2,3)4/h10-11H,5-7,9H2,1-4H3/t10-,11+/m0/s1. The number of ether oxygens (including phenoxy) is 1. The number of hydrogen-bond donors (Lipinski definition) is 0. The van der Waals surface area contributed by atoms with Crippen LogP contribution in [0.4, 0.5) is 4.79 Å². The van der Waals surface area contributed by atoms with Gasteiger partial charge in [0, 0.05) is 13.1 Å². The van der Waals surface area contributed by atoms with E-state index in [0.717, 1.165) is 12.8 Å². The highest BCUT2D eigenvalue weighted by Gasteiger charge is 2.32. The van der Waals surface area contributed by atoms with Crippen molar-refractivity contribution in [3.63, 3.8) is 0 Å². The Morgan fingerprint density at radius 3 is 2.65 bits per heavy atom. The van der Waals surface area contributed by atoms with Crippen LogP contribution in [0.5, 0.6) is 0 Å². The minimum absolute atomic E-state index is 0.0821. The fourth-order valence-corrected chi connectivity index (χ4v) is 2.11. The smallest absolute Gasteiger partial charge is 0.410 e. The minimum Gasteiger partial charge on any atom is -0.444 e. The molecule has 0 spiro atoms. The molecule has 1 heterocycles. The van der Waals surface area contributed by atoms with Crippen molar-refractivity contribution in [2.24, 2.45) is 11.8 Å². The Balaban J connectivity index is 2.58. The van der Waals surface area contributed by atoms with Gasteiger partial charge in [-0.05, 0) is 33.1 Å². The average molecular weight is 238 g/mol. The summed E-state index contributed by atoms with van der Waals surface area (Å²) in [6.45, 7) is 8.93. The Morgan fingerprint density at radius 1 is 1.53 bits per heavy atom. The fourth-order valence-electron chi connectivity index (χ4n) is 2.11. The van der Waals surface area contributed by atoms with Crippen LogP contribution < -0.4 is 0 Å². The normalized spacial score (nSPS) is 25.2. The van der Waals surface area contributed by atoms with Crippen molar-refractivity contribution in [2.45, 2.75) is 46.1 Å². The molecule has 17 heavy (non-hydrogen) atoms. The Hall–Kier alpha value is -1.24. The van der Waals surface area contributed by atoms with Gasteiger partial charge in [0.15, 0.2) is 0 Å². The molecule has 0 N–H and O–H groups in total. The molecular formula is C13H22N2O2. The molecule has 2 atom stereocenters. The summed E-state index contributed by atoms with van der Waals surface area (Å²) in [5.74, 6) is 0.361.